The molecule has 0 bridgehead atoms. The van der Waals surface area contributed by atoms with Gasteiger partial charge in [-0.25, -0.2) is 4.58 Å². The molecular formula is C14H19N6+. The van der Waals surface area contributed by atoms with Crippen LogP contribution in [0.25, 0.3) is 0 Å². The topological polar surface area (TPSA) is 69.5 Å². The molecule has 2 heterocycles. The second-order valence-corrected chi connectivity index (χ2v) is 5.25. The number of aromatic amines is 1. The number of aromatic nitrogens is 4. The molecule has 0 unspecified atom stereocenters. The van der Waals surface area contributed by atoms with Gasteiger partial charge in [-0.3, -0.25) is 5.10 Å². The van der Waals surface area contributed by atoms with Crippen molar-refractivity contribution in [2.45, 2.75) is 31.6 Å². The quantitative estimate of drug-likeness (QED) is 0.662. The lowest BCUT2D eigenvalue weighted by Crippen LogP contribution is -2.01. The molecule has 6 nitrogen and oxygen atoms in total. The Bertz CT molecular complexity index is 612. The van der Waals surface area contributed by atoms with Crippen molar-refractivity contribution in [2.24, 2.45) is 0 Å². The molecule has 2 aromatic heterocycles. The molecule has 3 rings (SSSR count). The Morgan fingerprint density at radius 1 is 1.35 bits per heavy atom. The summed E-state index contributed by atoms with van der Waals surface area (Å²) in [6, 6.07) is 3.89. The average molecular weight is 271 g/mol. The molecule has 0 aromatic carbocycles. The molecule has 0 aliphatic heterocycles. The van der Waals surface area contributed by atoms with E-state index in [0.717, 1.165) is 11.6 Å². The third kappa shape index (κ3) is 2.68. The lowest BCUT2D eigenvalue weighted by atomic mass is 10.0. The first kappa shape index (κ1) is 12.8. The largest absolute Gasteiger partial charge is 0.434 e. The SMILES string of the molecule is C=[N+](C)c1nccc(Nc2cc(C3CCCC3)[nH]n2)n1. The van der Waals surface area contributed by atoms with E-state index in [2.05, 4.69) is 38.3 Å². The van der Waals surface area contributed by atoms with Crippen LogP contribution in [0.4, 0.5) is 17.6 Å². The maximum absolute atomic E-state index is 4.36. The Labute approximate surface area is 118 Å². The first-order chi connectivity index (χ1) is 9.72. The number of nitrogens with one attached hydrogen (secondary N) is 2. The molecule has 2 aromatic rings. The van der Waals surface area contributed by atoms with E-state index in [1.54, 1.807) is 10.8 Å². The van der Waals surface area contributed by atoms with Gasteiger partial charge in [-0.05, 0) is 17.8 Å². The molecule has 1 aliphatic carbocycles. The van der Waals surface area contributed by atoms with E-state index in [0.29, 0.717) is 11.9 Å². The molecule has 2 N–H and O–H groups in total. The molecule has 0 spiro atoms. The van der Waals surface area contributed by atoms with Crippen LogP contribution in [-0.2, 0) is 0 Å². The molecule has 1 saturated carbocycles. The van der Waals surface area contributed by atoms with Crippen LogP contribution in [0.15, 0.2) is 18.3 Å². The predicted octanol–water partition coefficient (Wildman–Crippen LogP) is 2.58. The average Bonchev–Trinajstić information content (AvgIpc) is 3.09. The Morgan fingerprint density at radius 2 is 2.15 bits per heavy atom. The van der Waals surface area contributed by atoms with Crippen LogP contribution in [-0.4, -0.2) is 38.5 Å². The number of hydrogen-bond donors (Lipinski definition) is 2. The summed E-state index contributed by atoms with van der Waals surface area (Å²) in [5.74, 6) is 2.71. The first-order valence-corrected chi connectivity index (χ1v) is 6.92. The normalized spacial score (nSPS) is 15.4. The summed E-state index contributed by atoms with van der Waals surface area (Å²) < 4.78 is 1.62. The Morgan fingerprint density at radius 3 is 2.90 bits per heavy atom. The maximum atomic E-state index is 4.36. The van der Waals surface area contributed by atoms with Gasteiger partial charge in [-0.15, -0.1) is 0 Å². The summed E-state index contributed by atoms with van der Waals surface area (Å²) in [7, 11) is 1.81. The van der Waals surface area contributed by atoms with Crippen molar-refractivity contribution in [2.75, 3.05) is 12.4 Å². The standard InChI is InChI=1S/C14H19N6/c1-20(2)14-15-8-7-12(17-14)16-13-9-11(18-19-13)10-5-3-4-6-10/h7-10H,1,3-6H2,2H3,(H2,15,16,17,18,19)/q+1. The number of hydrogen-bond acceptors (Lipinski definition) is 4. The molecule has 0 atom stereocenters. The van der Waals surface area contributed by atoms with Crippen molar-refractivity contribution < 1.29 is 4.58 Å². The summed E-state index contributed by atoms with van der Waals surface area (Å²) in [5.41, 5.74) is 1.22. The highest BCUT2D eigenvalue weighted by atomic mass is 15.2. The van der Waals surface area contributed by atoms with E-state index < -0.39 is 0 Å². The summed E-state index contributed by atoms with van der Waals surface area (Å²) in [6.07, 6.45) is 6.85. The third-order valence-corrected chi connectivity index (χ3v) is 3.63. The molecule has 104 valence electrons. The number of H-pyrrole nitrogens is 1. The minimum absolute atomic E-state index is 0.571. The van der Waals surface area contributed by atoms with Gasteiger partial charge in [0.15, 0.2) is 5.82 Å². The van der Waals surface area contributed by atoms with E-state index in [4.69, 9.17) is 0 Å². The molecule has 20 heavy (non-hydrogen) atoms. The minimum Gasteiger partial charge on any atom is -0.309 e. The van der Waals surface area contributed by atoms with E-state index >= 15 is 0 Å². The highest BCUT2D eigenvalue weighted by molar-refractivity contribution is 5.52. The molecule has 0 saturated heterocycles. The summed E-state index contributed by atoms with van der Waals surface area (Å²) in [6.45, 7) is 3.77. The fourth-order valence-electron chi connectivity index (χ4n) is 2.58. The first-order valence-electron chi connectivity index (χ1n) is 6.92. The van der Waals surface area contributed by atoms with Gasteiger partial charge < -0.3 is 5.32 Å². The van der Waals surface area contributed by atoms with Gasteiger partial charge in [0, 0.05) is 30.5 Å². The second kappa shape index (κ2) is 5.40. The molecule has 1 fully saturated rings. The van der Waals surface area contributed by atoms with Crippen molar-refractivity contribution in [1.82, 2.24) is 20.2 Å². The number of anilines is 2. The zero-order valence-corrected chi connectivity index (χ0v) is 11.6. The van der Waals surface area contributed by atoms with Crippen LogP contribution < -0.4 is 5.32 Å². The highest BCUT2D eigenvalue weighted by Crippen LogP contribution is 2.33. The maximum Gasteiger partial charge on any atom is 0.434 e. The number of rotatable bonds is 4. The van der Waals surface area contributed by atoms with Crippen LogP contribution in [0.5, 0.6) is 0 Å². The minimum atomic E-state index is 0.571. The van der Waals surface area contributed by atoms with Gasteiger partial charge in [0.25, 0.3) is 0 Å². The lowest BCUT2D eigenvalue weighted by Gasteiger charge is -2.03. The van der Waals surface area contributed by atoms with Gasteiger partial charge in [0.2, 0.25) is 5.82 Å². The van der Waals surface area contributed by atoms with Crippen molar-refractivity contribution in [3.05, 3.63) is 24.0 Å². The van der Waals surface area contributed by atoms with E-state index in [1.807, 2.05) is 13.1 Å². The van der Waals surface area contributed by atoms with Gasteiger partial charge in [-0.2, -0.15) is 5.10 Å². The summed E-state index contributed by atoms with van der Waals surface area (Å²) in [4.78, 5) is 8.49. The fourth-order valence-corrected chi connectivity index (χ4v) is 2.58. The van der Waals surface area contributed by atoms with Gasteiger partial charge in [-0.1, -0.05) is 17.8 Å². The van der Waals surface area contributed by atoms with Gasteiger partial charge >= 0.3 is 5.95 Å². The predicted molar refractivity (Wildman–Crippen MR) is 78.1 cm³/mol. The fraction of sp³-hybridized carbons (Fsp3) is 0.429. The third-order valence-electron chi connectivity index (χ3n) is 3.63. The monoisotopic (exact) mass is 271 g/mol. The number of nitrogens with zero attached hydrogens (tertiary/aromatic N) is 4. The van der Waals surface area contributed by atoms with Crippen molar-refractivity contribution in [3.63, 3.8) is 0 Å². The van der Waals surface area contributed by atoms with Crippen LogP contribution in [0, 0.1) is 0 Å². The second-order valence-electron chi connectivity index (χ2n) is 5.25. The Balaban J connectivity index is 1.74. The zero-order valence-electron chi connectivity index (χ0n) is 11.6. The van der Waals surface area contributed by atoms with E-state index in [-0.39, 0.29) is 0 Å². The lowest BCUT2D eigenvalue weighted by molar-refractivity contribution is -0.403. The van der Waals surface area contributed by atoms with Crippen molar-refractivity contribution in [3.8, 4) is 0 Å². The van der Waals surface area contributed by atoms with Crippen molar-refractivity contribution in [1.29, 1.82) is 0 Å². The Kier molecular flexibility index (Phi) is 3.45. The molecular weight excluding hydrogens is 252 g/mol. The van der Waals surface area contributed by atoms with Crippen LogP contribution in [0.1, 0.15) is 37.3 Å². The van der Waals surface area contributed by atoms with Crippen LogP contribution >= 0.6 is 0 Å². The highest BCUT2D eigenvalue weighted by Gasteiger charge is 2.19. The van der Waals surface area contributed by atoms with E-state index in [1.165, 1.54) is 31.4 Å². The molecule has 0 amide bonds. The van der Waals surface area contributed by atoms with Crippen LogP contribution in [0.3, 0.4) is 0 Å². The van der Waals surface area contributed by atoms with Gasteiger partial charge in [0.1, 0.15) is 6.20 Å². The summed E-state index contributed by atoms with van der Waals surface area (Å²) >= 11 is 0. The van der Waals surface area contributed by atoms with Gasteiger partial charge in [0.05, 0.1) is 7.05 Å². The van der Waals surface area contributed by atoms with E-state index in [9.17, 15) is 0 Å². The molecule has 6 heteroatoms. The molecule has 0 radical (unpaired) electrons. The van der Waals surface area contributed by atoms with Crippen molar-refractivity contribution >= 4 is 24.3 Å². The summed E-state index contributed by atoms with van der Waals surface area (Å²) in [5, 5.41) is 10.6. The smallest absolute Gasteiger partial charge is 0.309 e. The zero-order chi connectivity index (χ0) is 13.9. The molecule has 1 aliphatic rings. The Hall–Kier alpha value is -2.24. The van der Waals surface area contributed by atoms with Crippen LogP contribution in [0.2, 0.25) is 0 Å².